The Balaban J connectivity index is 2.48. The molecule has 2 N–H and O–H groups in total. The quantitative estimate of drug-likeness (QED) is 0.776. The summed E-state index contributed by atoms with van der Waals surface area (Å²) >= 11 is 7.61. The Morgan fingerprint density at radius 3 is 2.18 bits per heavy atom. The fourth-order valence-electron chi connectivity index (χ4n) is 1.80. The summed E-state index contributed by atoms with van der Waals surface area (Å²) < 4.78 is 0. The van der Waals surface area contributed by atoms with Gasteiger partial charge in [-0.25, -0.2) is 0 Å². The van der Waals surface area contributed by atoms with Crippen molar-refractivity contribution in [2.75, 3.05) is 5.73 Å². The van der Waals surface area contributed by atoms with Crippen LogP contribution in [0.4, 0.5) is 5.69 Å². The summed E-state index contributed by atoms with van der Waals surface area (Å²) in [6.45, 7) is 6.54. The van der Waals surface area contributed by atoms with Crippen molar-refractivity contribution in [3.8, 4) is 11.1 Å². The standard InChI is InChI=1S/C14H16ClNS/c1-14(2,3)13-12(16)11(8-17-13)9-4-6-10(15)7-5-9/h4-8H,16H2,1-3H3. The van der Waals surface area contributed by atoms with Crippen LogP contribution in [0.25, 0.3) is 11.1 Å². The summed E-state index contributed by atoms with van der Waals surface area (Å²) in [7, 11) is 0. The van der Waals surface area contributed by atoms with Crippen molar-refractivity contribution in [3.05, 3.63) is 39.5 Å². The van der Waals surface area contributed by atoms with Gasteiger partial charge >= 0.3 is 0 Å². The van der Waals surface area contributed by atoms with Gasteiger partial charge in [-0.05, 0) is 23.1 Å². The van der Waals surface area contributed by atoms with E-state index in [4.69, 9.17) is 17.3 Å². The van der Waals surface area contributed by atoms with Crippen molar-refractivity contribution in [3.63, 3.8) is 0 Å². The maximum absolute atomic E-state index is 6.24. The highest BCUT2D eigenvalue weighted by molar-refractivity contribution is 7.11. The molecule has 1 heterocycles. The van der Waals surface area contributed by atoms with Gasteiger partial charge in [0, 0.05) is 20.8 Å². The third-order valence-corrected chi connectivity index (χ3v) is 4.34. The van der Waals surface area contributed by atoms with Gasteiger partial charge in [0.2, 0.25) is 0 Å². The van der Waals surface area contributed by atoms with Crippen LogP contribution in [0, 0.1) is 0 Å². The van der Waals surface area contributed by atoms with E-state index in [2.05, 4.69) is 26.2 Å². The molecular weight excluding hydrogens is 250 g/mol. The van der Waals surface area contributed by atoms with Crippen molar-refractivity contribution in [2.45, 2.75) is 26.2 Å². The minimum atomic E-state index is 0.0967. The van der Waals surface area contributed by atoms with Crippen molar-refractivity contribution >= 4 is 28.6 Å². The molecule has 1 aromatic carbocycles. The van der Waals surface area contributed by atoms with E-state index in [0.717, 1.165) is 21.8 Å². The normalized spacial score (nSPS) is 11.8. The molecule has 2 aromatic rings. The van der Waals surface area contributed by atoms with E-state index in [-0.39, 0.29) is 5.41 Å². The van der Waals surface area contributed by atoms with Gasteiger partial charge in [-0.15, -0.1) is 11.3 Å². The summed E-state index contributed by atoms with van der Waals surface area (Å²) in [6, 6.07) is 7.80. The number of anilines is 1. The topological polar surface area (TPSA) is 26.0 Å². The molecule has 3 heteroatoms. The van der Waals surface area contributed by atoms with Gasteiger partial charge in [-0.3, -0.25) is 0 Å². The third-order valence-electron chi connectivity index (χ3n) is 2.67. The van der Waals surface area contributed by atoms with Crippen molar-refractivity contribution in [2.24, 2.45) is 0 Å². The SMILES string of the molecule is CC(C)(C)c1scc(-c2ccc(Cl)cc2)c1N. The van der Waals surface area contributed by atoms with Gasteiger partial charge in [0.25, 0.3) is 0 Å². The smallest absolute Gasteiger partial charge is 0.0540 e. The molecule has 0 spiro atoms. The lowest BCUT2D eigenvalue weighted by atomic mass is 9.92. The van der Waals surface area contributed by atoms with Crippen LogP contribution in [0.5, 0.6) is 0 Å². The zero-order chi connectivity index (χ0) is 12.6. The Hall–Kier alpha value is -0.990. The maximum Gasteiger partial charge on any atom is 0.0540 e. The summed E-state index contributed by atoms with van der Waals surface area (Å²) in [4.78, 5) is 1.24. The lowest BCUT2D eigenvalue weighted by Crippen LogP contribution is -2.11. The highest BCUT2D eigenvalue weighted by Gasteiger charge is 2.21. The average Bonchev–Trinajstić information content (AvgIpc) is 2.61. The van der Waals surface area contributed by atoms with Crippen LogP contribution in [-0.4, -0.2) is 0 Å². The predicted molar refractivity (Wildman–Crippen MR) is 77.9 cm³/mol. The van der Waals surface area contributed by atoms with E-state index in [9.17, 15) is 0 Å². The highest BCUT2D eigenvalue weighted by atomic mass is 35.5. The molecule has 0 aliphatic carbocycles. The number of halogens is 1. The van der Waals surface area contributed by atoms with E-state index < -0.39 is 0 Å². The molecule has 0 aliphatic heterocycles. The van der Waals surface area contributed by atoms with E-state index >= 15 is 0 Å². The van der Waals surface area contributed by atoms with Crippen LogP contribution < -0.4 is 5.73 Å². The van der Waals surface area contributed by atoms with Crippen molar-refractivity contribution in [1.29, 1.82) is 0 Å². The molecule has 1 aromatic heterocycles. The Kier molecular flexibility index (Phi) is 3.19. The highest BCUT2D eigenvalue weighted by Crippen LogP contribution is 2.40. The van der Waals surface area contributed by atoms with Gasteiger partial charge in [0.1, 0.15) is 0 Å². The Bertz CT molecular complexity index is 520. The van der Waals surface area contributed by atoms with Crippen LogP contribution >= 0.6 is 22.9 Å². The van der Waals surface area contributed by atoms with Crippen molar-refractivity contribution < 1.29 is 0 Å². The van der Waals surface area contributed by atoms with Gasteiger partial charge in [-0.1, -0.05) is 44.5 Å². The molecule has 0 unspecified atom stereocenters. The van der Waals surface area contributed by atoms with E-state index in [1.54, 1.807) is 11.3 Å². The molecular formula is C14H16ClNS. The number of rotatable bonds is 1. The largest absolute Gasteiger partial charge is 0.397 e. The number of nitrogen functional groups attached to an aromatic ring is 1. The first-order chi connectivity index (χ1) is 7.89. The van der Waals surface area contributed by atoms with Crippen LogP contribution in [0.15, 0.2) is 29.6 Å². The predicted octanol–water partition coefficient (Wildman–Crippen LogP) is 4.95. The summed E-state index contributed by atoms with van der Waals surface area (Å²) in [5.74, 6) is 0. The van der Waals surface area contributed by atoms with Crippen LogP contribution in [0.1, 0.15) is 25.6 Å². The molecule has 0 saturated heterocycles. The van der Waals surface area contributed by atoms with Gasteiger partial charge in [-0.2, -0.15) is 0 Å². The average molecular weight is 266 g/mol. The number of hydrogen-bond donors (Lipinski definition) is 1. The molecule has 0 aliphatic rings. The Morgan fingerprint density at radius 1 is 1.12 bits per heavy atom. The lowest BCUT2D eigenvalue weighted by molar-refractivity contribution is 0.606. The second-order valence-electron chi connectivity index (χ2n) is 5.15. The fraction of sp³-hybridized carbons (Fsp3) is 0.286. The van der Waals surface area contributed by atoms with Gasteiger partial charge < -0.3 is 5.73 Å². The molecule has 0 fully saturated rings. The third kappa shape index (κ3) is 2.48. The van der Waals surface area contributed by atoms with E-state index in [1.807, 2.05) is 24.3 Å². The zero-order valence-corrected chi connectivity index (χ0v) is 11.8. The first-order valence-electron chi connectivity index (χ1n) is 5.53. The number of thiophene rings is 1. The molecule has 0 amide bonds. The monoisotopic (exact) mass is 265 g/mol. The molecule has 0 atom stereocenters. The summed E-state index contributed by atoms with van der Waals surface area (Å²) in [5, 5.41) is 2.87. The first kappa shape index (κ1) is 12.5. The molecule has 17 heavy (non-hydrogen) atoms. The molecule has 0 radical (unpaired) electrons. The number of hydrogen-bond acceptors (Lipinski definition) is 2. The fourth-order valence-corrected chi connectivity index (χ4v) is 3.02. The molecule has 90 valence electrons. The van der Waals surface area contributed by atoms with Gasteiger partial charge in [0.05, 0.1) is 5.69 Å². The van der Waals surface area contributed by atoms with E-state index in [1.165, 1.54) is 4.88 Å². The van der Waals surface area contributed by atoms with Crippen molar-refractivity contribution in [1.82, 2.24) is 0 Å². The molecule has 1 nitrogen and oxygen atoms in total. The number of nitrogens with two attached hydrogens (primary N) is 1. The molecule has 2 rings (SSSR count). The Labute approximate surface area is 111 Å². The molecule has 0 bridgehead atoms. The Morgan fingerprint density at radius 2 is 1.71 bits per heavy atom. The summed E-state index contributed by atoms with van der Waals surface area (Å²) in [6.07, 6.45) is 0. The summed E-state index contributed by atoms with van der Waals surface area (Å²) in [5.41, 5.74) is 9.46. The first-order valence-corrected chi connectivity index (χ1v) is 6.79. The second kappa shape index (κ2) is 4.35. The lowest BCUT2D eigenvalue weighted by Gasteiger charge is -2.17. The zero-order valence-electron chi connectivity index (χ0n) is 10.3. The van der Waals surface area contributed by atoms with Crippen LogP contribution in [0.2, 0.25) is 5.02 Å². The number of benzene rings is 1. The second-order valence-corrected chi connectivity index (χ2v) is 6.47. The minimum Gasteiger partial charge on any atom is -0.397 e. The minimum absolute atomic E-state index is 0.0967. The molecule has 0 saturated carbocycles. The van der Waals surface area contributed by atoms with E-state index in [0.29, 0.717) is 0 Å². The maximum atomic E-state index is 6.24. The van der Waals surface area contributed by atoms with Crippen LogP contribution in [0.3, 0.4) is 0 Å². The van der Waals surface area contributed by atoms with Gasteiger partial charge in [0.15, 0.2) is 0 Å². The van der Waals surface area contributed by atoms with Crippen LogP contribution in [-0.2, 0) is 5.41 Å².